The summed E-state index contributed by atoms with van der Waals surface area (Å²) in [5, 5.41) is 11.7. The largest absolute Gasteiger partial charge is 0.456 e. The third-order valence-corrected chi connectivity index (χ3v) is 4.83. The molecule has 148 valence electrons. The van der Waals surface area contributed by atoms with E-state index < -0.39 is 29.9 Å². The fraction of sp³-hybridized carbons (Fsp3) is 0.450. The zero-order chi connectivity index (χ0) is 20.9. The first-order valence-corrected chi connectivity index (χ1v) is 8.98. The predicted molar refractivity (Wildman–Crippen MR) is 98.8 cm³/mol. The van der Waals surface area contributed by atoms with E-state index in [0.717, 1.165) is 4.90 Å². The van der Waals surface area contributed by atoms with Crippen molar-refractivity contribution < 1.29 is 23.9 Å². The highest BCUT2D eigenvalue weighted by molar-refractivity contribution is 6.09. The summed E-state index contributed by atoms with van der Waals surface area (Å²) in [6.45, 7) is 4.52. The van der Waals surface area contributed by atoms with Gasteiger partial charge in [-0.15, -0.1) is 0 Å². The Labute approximate surface area is 163 Å². The fourth-order valence-corrected chi connectivity index (χ4v) is 2.67. The third kappa shape index (κ3) is 4.74. The molecule has 1 N–H and O–H groups in total. The molecule has 2 rings (SSSR count). The first-order valence-electron chi connectivity index (χ1n) is 8.98. The quantitative estimate of drug-likeness (QED) is 0.557. The lowest BCUT2D eigenvalue weighted by molar-refractivity contribution is -0.149. The maximum Gasteiger partial charge on any atom is 0.308 e. The number of amides is 3. The highest BCUT2D eigenvalue weighted by atomic mass is 16.5. The SMILES string of the molecule is CC(C)[C@@](C)(C#N)NC(=O)COC(=O)CCN1C(=O)Cc2ccccc2C1=O. The van der Waals surface area contributed by atoms with Gasteiger partial charge in [0.1, 0.15) is 5.54 Å². The van der Waals surface area contributed by atoms with E-state index in [1.165, 1.54) is 0 Å². The molecule has 0 spiro atoms. The molecule has 0 radical (unpaired) electrons. The van der Waals surface area contributed by atoms with Crippen LogP contribution >= 0.6 is 0 Å². The van der Waals surface area contributed by atoms with Crippen molar-refractivity contribution in [3.05, 3.63) is 35.4 Å². The smallest absolute Gasteiger partial charge is 0.308 e. The van der Waals surface area contributed by atoms with Gasteiger partial charge in [-0.05, 0) is 24.5 Å². The minimum absolute atomic E-state index is 0.0985. The van der Waals surface area contributed by atoms with Gasteiger partial charge >= 0.3 is 5.97 Å². The van der Waals surface area contributed by atoms with Crippen molar-refractivity contribution in [3.63, 3.8) is 0 Å². The zero-order valence-electron chi connectivity index (χ0n) is 16.2. The van der Waals surface area contributed by atoms with Gasteiger partial charge in [0.05, 0.1) is 18.9 Å². The van der Waals surface area contributed by atoms with E-state index in [1.54, 1.807) is 45.0 Å². The number of nitrogens with zero attached hydrogens (tertiary/aromatic N) is 2. The molecule has 1 heterocycles. The molecule has 0 aliphatic carbocycles. The second-order valence-corrected chi connectivity index (χ2v) is 7.11. The van der Waals surface area contributed by atoms with Crippen LogP contribution < -0.4 is 5.32 Å². The number of carbonyl (C=O) groups excluding carboxylic acids is 4. The normalized spacial score (nSPS) is 15.5. The highest BCUT2D eigenvalue weighted by Crippen LogP contribution is 2.20. The van der Waals surface area contributed by atoms with E-state index in [-0.39, 0.29) is 31.2 Å². The summed E-state index contributed by atoms with van der Waals surface area (Å²) >= 11 is 0. The van der Waals surface area contributed by atoms with Crippen molar-refractivity contribution in [2.24, 2.45) is 5.92 Å². The predicted octanol–water partition coefficient (Wildman–Crippen LogP) is 1.20. The van der Waals surface area contributed by atoms with Crippen LogP contribution in [0.5, 0.6) is 0 Å². The average Bonchev–Trinajstić information content (AvgIpc) is 2.65. The van der Waals surface area contributed by atoms with E-state index >= 15 is 0 Å². The Morgan fingerprint density at radius 2 is 2.00 bits per heavy atom. The first kappa shape index (κ1) is 21.1. The van der Waals surface area contributed by atoms with Crippen LogP contribution in [0, 0.1) is 17.2 Å². The summed E-state index contributed by atoms with van der Waals surface area (Å²) in [6.07, 6.45) is -0.117. The molecule has 1 aromatic carbocycles. The van der Waals surface area contributed by atoms with E-state index in [2.05, 4.69) is 5.32 Å². The van der Waals surface area contributed by atoms with Crippen molar-refractivity contribution in [1.82, 2.24) is 10.2 Å². The number of nitriles is 1. The topological polar surface area (TPSA) is 117 Å². The number of esters is 1. The Balaban J connectivity index is 1.85. The molecule has 0 bridgehead atoms. The summed E-state index contributed by atoms with van der Waals surface area (Å²) in [6, 6.07) is 8.86. The number of fused-ring (bicyclic) bond motifs is 1. The number of hydrogen-bond donors (Lipinski definition) is 1. The molecule has 0 fully saturated rings. The minimum atomic E-state index is -1.07. The van der Waals surface area contributed by atoms with Crippen LogP contribution in [-0.4, -0.2) is 47.3 Å². The van der Waals surface area contributed by atoms with Gasteiger partial charge in [-0.25, -0.2) is 0 Å². The second kappa shape index (κ2) is 8.65. The van der Waals surface area contributed by atoms with Gasteiger partial charge in [-0.1, -0.05) is 32.0 Å². The van der Waals surface area contributed by atoms with E-state index in [0.29, 0.717) is 11.1 Å². The van der Waals surface area contributed by atoms with Crippen molar-refractivity contribution >= 4 is 23.7 Å². The van der Waals surface area contributed by atoms with Crippen LogP contribution in [0.25, 0.3) is 0 Å². The Hall–Kier alpha value is -3.21. The van der Waals surface area contributed by atoms with Crippen molar-refractivity contribution in [1.29, 1.82) is 5.26 Å². The van der Waals surface area contributed by atoms with Crippen molar-refractivity contribution in [3.8, 4) is 6.07 Å². The molecule has 8 nitrogen and oxygen atoms in total. The average molecular weight is 385 g/mol. The molecule has 8 heteroatoms. The monoisotopic (exact) mass is 385 g/mol. The van der Waals surface area contributed by atoms with Crippen molar-refractivity contribution in [2.45, 2.75) is 39.2 Å². The number of imide groups is 1. The number of hydrogen-bond acceptors (Lipinski definition) is 6. The lowest BCUT2D eigenvalue weighted by Gasteiger charge is -2.27. The van der Waals surface area contributed by atoms with E-state index in [4.69, 9.17) is 4.74 Å². The molecule has 0 aromatic heterocycles. The summed E-state index contributed by atoms with van der Waals surface area (Å²) < 4.78 is 4.90. The zero-order valence-corrected chi connectivity index (χ0v) is 16.2. The summed E-state index contributed by atoms with van der Waals surface area (Å²) in [5.41, 5.74) is 0.0433. The second-order valence-electron chi connectivity index (χ2n) is 7.11. The first-order chi connectivity index (χ1) is 13.2. The molecule has 1 aliphatic heterocycles. The van der Waals surface area contributed by atoms with Gasteiger partial charge in [-0.3, -0.25) is 24.1 Å². The number of nitrogens with one attached hydrogen (secondary N) is 1. The maximum absolute atomic E-state index is 12.4. The Bertz CT molecular complexity index is 842. The Morgan fingerprint density at radius 3 is 2.64 bits per heavy atom. The molecule has 0 saturated heterocycles. The fourth-order valence-electron chi connectivity index (χ4n) is 2.67. The van der Waals surface area contributed by atoms with E-state index in [9.17, 15) is 24.4 Å². The van der Waals surface area contributed by atoms with Gasteiger partial charge in [0, 0.05) is 12.1 Å². The summed E-state index contributed by atoms with van der Waals surface area (Å²) in [4.78, 5) is 49.4. The van der Waals surface area contributed by atoms with Crippen LogP contribution in [0.15, 0.2) is 24.3 Å². The molecule has 3 amide bonds. The van der Waals surface area contributed by atoms with Gasteiger partial charge in [-0.2, -0.15) is 5.26 Å². The maximum atomic E-state index is 12.4. The number of carbonyl (C=O) groups is 4. The molecule has 1 aliphatic rings. The minimum Gasteiger partial charge on any atom is -0.456 e. The summed E-state index contributed by atoms with van der Waals surface area (Å²) in [5.74, 6) is -2.26. The van der Waals surface area contributed by atoms with Crippen LogP contribution in [0.4, 0.5) is 0 Å². The van der Waals surface area contributed by atoms with Crippen LogP contribution in [0.2, 0.25) is 0 Å². The van der Waals surface area contributed by atoms with Gasteiger partial charge in [0.25, 0.3) is 11.8 Å². The number of rotatable bonds is 7. The van der Waals surface area contributed by atoms with Gasteiger partial charge in [0.2, 0.25) is 5.91 Å². The molecule has 1 aromatic rings. The lowest BCUT2D eigenvalue weighted by Crippen LogP contribution is -2.50. The molecule has 1 atom stereocenters. The number of ether oxygens (including phenoxy) is 1. The third-order valence-electron chi connectivity index (χ3n) is 4.83. The molecule has 0 saturated carbocycles. The summed E-state index contributed by atoms with van der Waals surface area (Å²) in [7, 11) is 0. The van der Waals surface area contributed by atoms with Gasteiger partial charge in [0.15, 0.2) is 6.61 Å². The Kier molecular flexibility index (Phi) is 6.52. The molecular formula is C20H23N3O5. The van der Waals surface area contributed by atoms with E-state index in [1.807, 2.05) is 6.07 Å². The standard InChI is InChI=1S/C20H23N3O5/c1-13(2)20(3,12-21)22-16(24)11-28-18(26)8-9-23-17(25)10-14-6-4-5-7-15(14)19(23)27/h4-7,13H,8-11H2,1-3H3,(H,22,24)/t20-/m1/s1. The van der Waals surface area contributed by atoms with Crippen LogP contribution in [-0.2, 0) is 25.5 Å². The molecule has 28 heavy (non-hydrogen) atoms. The van der Waals surface area contributed by atoms with Crippen molar-refractivity contribution in [2.75, 3.05) is 13.2 Å². The van der Waals surface area contributed by atoms with Crippen LogP contribution in [0.1, 0.15) is 43.1 Å². The van der Waals surface area contributed by atoms with Gasteiger partial charge < -0.3 is 10.1 Å². The van der Waals surface area contributed by atoms with Crippen LogP contribution in [0.3, 0.4) is 0 Å². The molecular weight excluding hydrogens is 362 g/mol. The highest BCUT2D eigenvalue weighted by Gasteiger charge is 2.32. The molecule has 0 unspecified atom stereocenters. The lowest BCUT2D eigenvalue weighted by atomic mass is 9.90. The Morgan fingerprint density at radius 1 is 1.32 bits per heavy atom. The number of benzene rings is 1.